The molecule has 208 valence electrons. The molecule has 7 nitrogen and oxygen atoms in total. The van der Waals surface area contributed by atoms with E-state index in [0.29, 0.717) is 16.5 Å². The van der Waals surface area contributed by atoms with Gasteiger partial charge in [-0.3, -0.25) is 9.59 Å². The maximum Gasteiger partial charge on any atom is 0.304 e. The number of likely N-dealkylation sites (tertiary alicyclic amines) is 1. The number of carboxylic acids is 1. The van der Waals surface area contributed by atoms with Crippen molar-refractivity contribution in [2.24, 2.45) is 5.41 Å². The summed E-state index contributed by atoms with van der Waals surface area (Å²) in [5.74, 6) is -1.70. The van der Waals surface area contributed by atoms with Gasteiger partial charge in [-0.05, 0) is 69.0 Å². The Labute approximate surface area is 235 Å². The molecule has 2 unspecified atom stereocenters. The molecule has 0 spiro atoms. The second kappa shape index (κ2) is 11.9. The van der Waals surface area contributed by atoms with Crippen LogP contribution in [0.1, 0.15) is 77.0 Å². The number of benzene rings is 2. The average molecular weight is 584 g/mol. The second-order valence-corrected chi connectivity index (χ2v) is 13.8. The molecule has 3 rings (SSSR count). The van der Waals surface area contributed by atoms with Gasteiger partial charge in [-0.2, -0.15) is 0 Å². The minimum Gasteiger partial charge on any atom is -0.481 e. The van der Waals surface area contributed by atoms with Gasteiger partial charge in [-0.15, -0.1) is 0 Å². The Morgan fingerprint density at radius 1 is 1.11 bits per heavy atom. The first-order valence-electron chi connectivity index (χ1n) is 12.8. The second-order valence-electron chi connectivity index (χ2n) is 10.7. The van der Waals surface area contributed by atoms with Crippen LogP contribution in [-0.4, -0.2) is 47.6 Å². The van der Waals surface area contributed by atoms with E-state index < -0.39 is 44.8 Å². The lowest BCUT2D eigenvalue weighted by Crippen LogP contribution is -2.60. The number of rotatable bonds is 10. The van der Waals surface area contributed by atoms with Crippen LogP contribution in [0.25, 0.3) is 0 Å². The number of carbonyl (C=O) groups excluding carboxylic acids is 1. The molecule has 2 aromatic carbocycles. The highest BCUT2D eigenvalue weighted by Gasteiger charge is 2.53. The summed E-state index contributed by atoms with van der Waals surface area (Å²) in [4.78, 5) is 28.0. The van der Waals surface area contributed by atoms with Crippen LogP contribution in [0.2, 0.25) is 10.0 Å². The fraction of sp³-hybridized carbons (Fsp3) is 0.500. The number of sulfonamides is 1. The summed E-state index contributed by atoms with van der Waals surface area (Å²) in [6, 6.07) is 12.9. The van der Waals surface area contributed by atoms with Crippen molar-refractivity contribution >= 4 is 45.1 Å². The first-order chi connectivity index (χ1) is 17.7. The number of aliphatic carboxylic acids is 1. The number of nitrogens with zero attached hydrogens (tertiary/aromatic N) is 1. The molecule has 1 heterocycles. The molecule has 1 fully saturated rings. The lowest BCUT2D eigenvalue weighted by atomic mass is 9.66. The molecule has 0 aliphatic carbocycles. The summed E-state index contributed by atoms with van der Waals surface area (Å²) in [5, 5.41) is 10.2. The maximum atomic E-state index is 14.3. The normalized spacial score (nSPS) is 23.9. The van der Waals surface area contributed by atoms with Crippen LogP contribution in [-0.2, 0) is 19.6 Å². The Morgan fingerprint density at radius 3 is 2.26 bits per heavy atom. The summed E-state index contributed by atoms with van der Waals surface area (Å²) in [6.45, 7) is 8.52. The Balaban J connectivity index is 2.25. The van der Waals surface area contributed by atoms with Gasteiger partial charge in [0, 0.05) is 28.0 Å². The minimum absolute atomic E-state index is 0.283. The molecule has 0 bridgehead atoms. The van der Waals surface area contributed by atoms with Crippen molar-refractivity contribution in [2.75, 3.05) is 0 Å². The molecule has 2 aromatic rings. The van der Waals surface area contributed by atoms with E-state index in [9.17, 15) is 23.1 Å². The zero-order valence-electron chi connectivity index (χ0n) is 22.3. The van der Waals surface area contributed by atoms with Gasteiger partial charge in [0.1, 0.15) is 0 Å². The molecule has 1 aliphatic rings. The van der Waals surface area contributed by atoms with Gasteiger partial charge < -0.3 is 10.0 Å². The van der Waals surface area contributed by atoms with E-state index in [2.05, 4.69) is 4.72 Å². The third-order valence-electron chi connectivity index (χ3n) is 7.46. The van der Waals surface area contributed by atoms with Crippen LogP contribution in [0.3, 0.4) is 0 Å². The molecule has 2 N–H and O–H groups in total. The smallest absolute Gasteiger partial charge is 0.304 e. The van der Waals surface area contributed by atoms with E-state index in [1.807, 2.05) is 37.3 Å². The van der Waals surface area contributed by atoms with Crippen LogP contribution < -0.4 is 4.72 Å². The number of nitrogens with one attached hydrogen (secondary N) is 1. The average Bonchev–Trinajstić information content (AvgIpc) is 2.82. The van der Waals surface area contributed by atoms with Crippen LogP contribution in [0.4, 0.5) is 0 Å². The Kier molecular flexibility index (Phi) is 9.56. The lowest BCUT2D eigenvalue weighted by Gasteiger charge is -2.53. The SMILES string of the molecule is CC[C@@H](C(C)NS(=O)(=O)C(C)C)N1C(=O)[C@@](C)(CC(=O)O)C[C@H](c2cccc(Cl)c2)C1c1ccc(Cl)cc1. The van der Waals surface area contributed by atoms with Crippen LogP contribution in [0, 0.1) is 5.41 Å². The zero-order chi connectivity index (χ0) is 28.4. The number of hydrogen-bond donors (Lipinski definition) is 2. The van der Waals surface area contributed by atoms with E-state index in [1.165, 1.54) is 0 Å². The quantitative estimate of drug-likeness (QED) is 0.356. The fourth-order valence-electron chi connectivity index (χ4n) is 5.51. The lowest BCUT2D eigenvalue weighted by molar-refractivity contribution is -0.161. The number of piperidine rings is 1. The largest absolute Gasteiger partial charge is 0.481 e. The molecule has 0 saturated carbocycles. The van der Waals surface area contributed by atoms with Crippen molar-refractivity contribution < 1.29 is 23.1 Å². The number of carbonyl (C=O) groups is 2. The standard InChI is InChI=1S/C28H36Cl2N2O5S/c1-6-24(18(4)31-38(36,37)17(2)3)32-26(19-10-12-21(29)13-11-19)23(20-8-7-9-22(30)14-20)15-28(5,27(32)35)16-25(33)34/h7-14,17-18,23-24,26,31H,6,15-16H2,1-5H3,(H,33,34)/t18?,23-,24+,26?,28-/m1/s1. The summed E-state index contributed by atoms with van der Waals surface area (Å²) in [6.07, 6.45) is 0.378. The number of hydrogen-bond acceptors (Lipinski definition) is 4. The Morgan fingerprint density at radius 2 is 1.74 bits per heavy atom. The molecule has 1 saturated heterocycles. The number of halogens is 2. The van der Waals surface area contributed by atoms with Gasteiger partial charge >= 0.3 is 5.97 Å². The zero-order valence-corrected chi connectivity index (χ0v) is 24.6. The van der Waals surface area contributed by atoms with Crippen molar-refractivity contribution in [3.05, 3.63) is 69.7 Å². The Hall–Kier alpha value is -2.13. The fourth-order valence-corrected chi connectivity index (χ4v) is 6.78. The molecule has 5 atom stereocenters. The van der Waals surface area contributed by atoms with E-state index >= 15 is 0 Å². The highest BCUT2D eigenvalue weighted by atomic mass is 35.5. The third kappa shape index (κ3) is 6.53. The van der Waals surface area contributed by atoms with Gasteiger partial charge in [-0.1, -0.05) is 61.3 Å². The van der Waals surface area contributed by atoms with E-state index in [-0.39, 0.29) is 24.7 Å². The van der Waals surface area contributed by atoms with Gasteiger partial charge in [-0.25, -0.2) is 13.1 Å². The highest BCUT2D eigenvalue weighted by Crippen LogP contribution is 2.52. The van der Waals surface area contributed by atoms with Crippen molar-refractivity contribution in [2.45, 2.75) is 83.2 Å². The molecule has 1 amide bonds. The third-order valence-corrected chi connectivity index (χ3v) is 9.88. The summed E-state index contributed by atoms with van der Waals surface area (Å²) in [5.41, 5.74) is 0.477. The van der Waals surface area contributed by atoms with E-state index in [0.717, 1.165) is 11.1 Å². The first-order valence-corrected chi connectivity index (χ1v) is 15.1. The number of amides is 1. The maximum absolute atomic E-state index is 14.3. The molecule has 38 heavy (non-hydrogen) atoms. The topological polar surface area (TPSA) is 104 Å². The van der Waals surface area contributed by atoms with E-state index in [4.69, 9.17) is 23.2 Å². The molecule has 0 aromatic heterocycles. The number of carboxylic acid groups (broad SMARTS) is 1. The predicted octanol–water partition coefficient (Wildman–Crippen LogP) is 6.03. The van der Waals surface area contributed by atoms with Gasteiger partial charge in [0.2, 0.25) is 15.9 Å². The first kappa shape index (κ1) is 30.4. The highest BCUT2D eigenvalue weighted by molar-refractivity contribution is 7.90. The summed E-state index contributed by atoms with van der Waals surface area (Å²) >= 11 is 12.6. The van der Waals surface area contributed by atoms with Gasteiger partial charge in [0.25, 0.3) is 0 Å². The molecule has 10 heteroatoms. The molecule has 0 radical (unpaired) electrons. The van der Waals surface area contributed by atoms with Gasteiger partial charge in [0.05, 0.1) is 23.1 Å². The van der Waals surface area contributed by atoms with Gasteiger partial charge in [0.15, 0.2) is 0 Å². The molecular weight excluding hydrogens is 547 g/mol. The minimum atomic E-state index is -3.63. The molecule has 1 aliphatic heterocycles. The van der Waals surface area contributed by atoms with Crippen molar-refractivity contribution in [1.82, 2.24) is 9.62 Å². The summed E-state index contributed by atoms with van der Waals surface area (Å²) < 4.78 is 28.3. The van der Waals surface area contributed by atoms with Crippen molar-refractivity contribution in [3.8, 4) is 0 Å². The van der Waals surface area contributed by atoms with Crippen LogP contribution >= 0.6 is 23.2 Å². The monoisotopic (exact) mass is 582 g/mol. The van der Waals surface area contributed by atoms with E-state index in [1.54, 1.807) is 50.8 Å². The molecular formula is C28H36Cl2N2O5S. The summed E-state index contributed by atoms with van der Waals surface area (Å²) in [7, 11) is -3.63. The van der Waals surface area contributed by atoms with Crippen LogP contribution in [0.5, 0.6) is 0 Å². The van der Waals surface area contributed by atoms with Crippen molar-refractivity contribution in [3.63, 3.8) is 0 Å². The van der Waals surface area contributed by atoms with Crippen molar-refractivity contribution in [1.29, 1.82) is 0 Å². The Bertz CT molecular complexity index is 1270. The van der Waals surface area contributed by atoms with Crippen LogP contribution in [0.15, 0.2) is 48.5 Å². The predicted molar refractivity (Wildman–Crippen MR) is 151 cm³/mol.